The smallest absolute Gasteiger partial charge is 0.257 e. The number of rotatable bonds is 6. The normalized spacial score (nSPS) is 10.0. The number of anilines is 1. The number of aromatic nitrogens is 1. The van der Waals surface area contributed by atoms with Crippen LogP contribution < -0.4 is 20.1 Å². The molecule has 2 rings (SSSR count). The zero-order valence-corrected chi connectivity index (χ0v) is 15.4. The lowest BCUT2D eigenvalue weighted by atomic mass is 10.2. The summed E-state index contributed by atoms with van der Waals surface area (Å²) in [5, 5.41) is 6.05. The number of halogens is 1. The minimum Gasteiger partial charge on any atom is -0.494 e. The maximum Gasteiger partial charge on any atom is 0.257 e. The number of hydrogen-bond donors (Lipinski definition) is 2. The van der Waals surface area contributed by atoms with Gasteiger partial charge in [0, 0.05) is 17.8 Å². The molecule has 0 saturated carbocycles. The number of thiocarbonyl (C=S) groups is 1. The van der Waals surface area contributed by atoms with Crippen molar-refractivity contribution in [2.24, 2.45) is 0 Å². The van der Waals surface area contributed by atoms with Crippen LogP contribution in [0.5, 0.6) is 11.5 Å². The average Bonchev–Trinajstić information content (AvgIpc) is 2.57. The number of carbonyl (C=O) groups is 1. The van der Waals surface area contributed by atoms with E-state index in [4.69, 9.17) is 33.3 Å². The van der Waals surface area contributed by atoms with Gasteiger partial charge in [0.1, 0.15) is 17.3 Å². The van der Waals surface area contributed by atoms with E-state index in [2.05, 4.69) is 15.6 Å². The Morgan fingerprint density at radius 3 is 2.32 bits per heavy atom. The Morgan fingerprint density at radius 2 is 1.80 bits per heavy atom. The molecule has 2 aromatic rings. The Labute approximate surface area is 156 Å². The minimum atomic E-state index is -0.381. The van der Waals surface area contributed by atoms with Crippen LogP contribution in [-0.2, 0) is 0 Å². The number of ether oxygens (including phenoxy) is 2. The van der Waals surface area contributed by atoms with E-state index in [0.717, 1.165) is 0 Å². The van der Waals surface area contributed by atoms with Crippen molar-refractivity contribution in [2.45, 2.75) is 13.8 Å². The highest BCUT2D eigenvalue weighted by molar-refractivity contribution is 7.80. The highest BCUT2D eigenvalue weighted by atomic mass is 35.5. The monoisotopic (exact) mass is 379 g/mol. The fourth-order valence-electron chi connectivity index (χ4n) is 1.98. The van der Waals surface area contributed by atoms with Crippen LogP contribution in [0.15, 0.2) is 36.5 Å². The van der Waals surface area contributed by atoms with E-state index in [1.807, 2.05) is 13.8 Å². The first kappa shape index (κ1) is 19.0. The lowest BCUT2D eigenvalue weighted by Gasteiger charge is -2.12. The summed E-state index contributed by atoms with van der Waals surface area (Å²) in [5.41, 5.74) is 0.377. The van der Waals surface area contributed by atoms with E-state index < -0.39 is 0 Å². The topological polar surface area (TPSA) is 72.5 Å². The Balaban J connectivity index is 2.08. The minimum absolute atomic E-state index is 0.125. The summed E-state index contributed by atoms with van der Waals surface area (Å²) in [6.07, 6.45) is 1.48. The summed E-state index contributed by atoms with van der Waals surface area (Å²) >= 11 is 10.9. The van der Waals surface area contributed by atoms with Crippen LogP contribution in [-0.4, -0.2) is 29.2 Å². The largest absolute Gasteiger partial charge is 0.494 e. The molecular weight excluding hydrogens is 362 g/mol. The van der Waals surface area contributed by atoms with Crippen LogP contribution in [0.3, 0.4) is 0 Å². The zero-order chi connectivity index (χ0) is 18.2. The van der Waals surface area contributed by atoms with Crippen molar-refractivity contribution in [1.29, 1.82) is 0 Å². The fourth-order valence-corrected chi connectivity index (χ4v) is 2.28. The maximum atomic E-state index is 12.4. The summed E-state index contributed by atoms with van der Waals surface area (Å²) in [5.74, 6) is 1.20. The van der Waals surface area contributed by atoms with Crippen LogP contribution in [0.4, 0.5) is 5.82 Å². The molecule has 132 valence electrons. The van der Waals surface area contributed by atoms with Crippen molar-refractivity contribution in [3.8, 4) is 11.5 Å². The molecule has 0 bridgehead atoms. The van der Waals surface area contributed by atoms with E-state index in [9.17, 15) is 4.79 Å². The first-order chi connectivity index (χ1) is 12.0. The maximum absolute atomic E-state index is 12.4. The highest BCUT2D eigenvalue weighted by Crippen LogP contribution is 2.23. The molecule has 0 atom stereocenters. The molecule has 0 aliphatic carbocycles. The third kappa shape index (κ3) is 5.88. The number of nitrogens with one attached hydrogen (secondary N) is 2. The lowest BCUT2D eigenvalue weighted by Crippen LogP contribution is -2.34. The molecule has 0 aliphatic heterocycles. The van der Waals surface area contributed by atoms with Gasteiger partial charge in [-0.25, -0.2) is 4.98 Å². The molecule has 0 fully saturated rings. The second-order valence-electron chi connectivity index (χ2n) is 4.83. The van der Waals surface area contributed by atoms with Gasteiger partial charge in [-0.15, -0.1) is 0 Å². The summed E-state index contributed by atoms with van der Waals surface area (Å²) in [6.45, 7) is 4.70. The van der Waals surface area contributed by atoms with Crippen molar-refractivity contribution in [3.63, 3.8) is 0 Å². The fraction of sp³-hybridized carbons (Fsp3) is 0.235. The Bertz CT molecular complexity index is 729. The lowest BCUT2D eigenvalue weighted by molar-refractivity contribution is 0.0977. The molecule has 25 heavy (non-hydrogen) atoms. The number of hydrogen-bond acceptors (Lipinski definition) is 5. The molecule has 0 saturated heterocycles. The second kappa shape index (κ2) is 9.19. The number of nitrogens with zero attached hydrogens (tertiary/aromatic N) is 1. The number of pyridine rings is 1. The summed E-state index contributed by atoms with van der Waals surface area (Å²) in [7, 11) is 0. The van der Waals surface area contributed by atoms with Gasteiger partial charge in [-0.3, -0.25) is 10.1 Å². The molecular formula is C17H18ClN3O3S. The molecule has 1 amide bonds. The molecule has 0 unspecified atom stereocenters. The van der Waals surface area contributed by atoms with Crippen LogP contribution in [0.2, 0.25) is 5.02 Å². The SMILES string of the molecule is CCOc1cc(OCC)cc(C(=O)NC(=S)Nc2ccc(Cl)cn2)c1. The number of benzene rings is 1. The molecule has 1 heterocycles. The van der Waals surface area contributed by atoms with Crippen molar-refractivity contribution in [3.05, 3.63) is 47.1 Å². The molecule has 0 radical (unpaired) electrons. The quantitative estimate of drug-likeness (QED) is 0.746. The van der Waals surface area contributed by atoms with Gasteiger partial charge in [0.25, 0.3) is 5.91 Å². The van der Waals surface area contributed by atoms with Crippen molar-refractivity contribution >= 4 is 40.7 Å². The predicted molar refractivity (Wildman–Crippen MR) is 102 cm³/mol. The van der Waals surface area contributed by atoms with Gasteiger partial charge in [-0.05, 0) is 50.3 Å². The summed E-state index contributed by atoms with van der Waals surface area (Å²) in [6, 6.07) is 8.32. The van der Waals surface area contributed by atoms with Crippen LogP contribution in [0, 0.1) is 0 Å². The van der Waals surface area contributed by atoms with Crippen molar-refractivity contribution in [1.82, 2.24) is 10.3 Å². The van der Waals surface area contributed by atoms with Gasteiger partial charge in [-0.2, -0.15) is 0 Å². The Hall–Kier alpha value is -2.38. The molecule has 8 heteroatoms. The van der Waals surface area contributed by atoms with Gasteiger partial charge >= 0.3 is 0 Å². The van der Waals surface area contributed by atoms with E-state index in [1.165, 1.54) is 6.20 Å². The van der Waals surface area contributed by atoms with Gasteiger partial charge in [0.15, 0.2) is 5.11 Å². The number of amides is 1. The molecule has 2 N–H and O–H groups in total. The molecule has 6 nitrogen and oxygen atoms in total. The third-order valence-corrected chi connectivity index (χ3v) is 3.39. The number of carbonyl (C=O) groups excluding carboxylic acids is 1. The Kier molecular flexibility index (Phi) is 6.97. The third-order valence-electron chi connectivity index (χ3n) is 2.96. The van der Waals surface area contributed by atoms with Crippen molar-refractivity contribution < 1.29 is 14.3 Å². The van der Waals surface area contributed by atoms with E-state index in [-0.39, 0.29) is 11.0 Å². The molecule has 0 aliphatic rings. The average molecular weight is 380 g/mol. The van der Waals surface area contributed by atoms with Crippen molar-refractivity contribution in [2.75, 3.05) is 18.5 Å². The van der Waals surface area contributed by atoms with Crippen LogP contribution >= 0.6 is 23.8 Å². The van der Waals surface area contributed by atoms with Gasteiger partial charge in [0.2, 0.25) is 0 Å². The molecule has 0 spiro atoms. The summed E-state index contributed by atoms with van der Waals surface area (Å²) in [4.78, 5) is 16.5. The van der Waals surface area contributed by atoms with E-state index >= 15 is 0 Å². The van der Waals surface area contributed by atoms with Crippen LogP contribution in [0.1, 0.15) is 24.2 Å². The van der Waals surface area contributed by atoms with Gasteiger partial charge in [0.05, 0.1) is 18.2 Å². The summed E-state index contributed by atoms with van der Waals surface area (Å²) < 4.78 is 10.9. The van der Waals surface area contributed by atoms with E-state index in [0.29, 0.717) is 41.1 Å². The standard InChI is InChI=1S/C17H18ClN3O3S/c1-3-23-13-7-11(8-14(9-13)24-4-2)16(22)21-17(25)20-15-6-5-12(18)10-19-15/h5-10H,3-4H2,1-2H3,(H2,19,20,21,22,25). The van der Waals surface area contributed by atoms with Crippen LogP contribution in [0.25, 0.3) is 0 Å². The predicted octanol–water partition coefficient (Wildman–Crippen LogP) is 3.66. The molecule has 1 aromatic heterocycles. The van der Waals surface area contributed by atoms with Gasteiger partial charge in [-0.1, -0.05) is 11.6 Å². The highest BCUT2D eigenvalue weighted by Gasteiger charge is 2.12. The second-order valence-corrected chi connectivity index (χ2v) is 5.67. The Morgan fingerprint density at radius 1 is 1.16 bits per heavy atom. The van der Waals surface area contributed by atoms with E-state index in [1.54, 1.807) is 30.3 Å². The first-order valence-electron chi connectivity index (χ1n) is 7.66. The molecule has 1 aromatic carbocycles. The van der Waals surface area contributed by atoms with Gasteiger partial charge < -0.3 is 14.8 Å². The zero-order valence-electron chi connectivity index (χ0n) is 13.8. The first-order valence-corrected chi connectivity index (χ1v) is 8.45.